The standard InChI is InChI=1S/C46H86O3S5/c1-17-47-41(16)52-38(13)35(10)32(7)29(4)20-23-42-26-43(24-21-30(5)33(8)36(11)39(14)53-45(50)48-18-2)28-44(27-42)25-22-31(6)34(9)37(12)40(15)54-46(51)49-19-3/h29-40,42-44H,16-28H2,1-15H3. The molecule has 1 rings (SSSR count). The lowest BCUT2D eigenvalue weighted by Crippen LogP contribution is -2.28. The van der Waals surface area contributed by atoms with Crippen molar-refractivity contribution >= 4 is 68.5 Å². The lowest BCUT2D eigenvalue weighted by Gasteiger charge is -2.38. The third kappa shape index (κ3) is 19.4. The Morgan fingerprint density at radius 3 is 1.04 bits per heavy atom. The maximum Gasteiger partial charge on any atom is 0.220 e. The summed E-state index contributed by atoms with van der Waals surface area (Å²) in [5.74, 6) is 8.52. The molecule has 0 bridgehead atoms. The molecule has 0 aromatic carbocycles. The van der Waals surface area contributed by atoms with Crippen molar-refractivity contribution in [2.45, 2.75) is 177 Å². The molecule has 1 aliphatic rings. The molecule has 0 aliphatic heterocycles. The molecule has 318 valence electrons. The van der Waals surface area contributed by atoms with Gasteiger partial charge in [-0.25, -0.2) is 0 Å². The highest BCUT2D eigenvalue weighted by molar-refractivity contribution is 8.23. The Morgan fingerprint density at radius 1 is 0.481 bits per heavy atom. The quantitative estimate of drug-likeness (QED) is 0.0628. The summed E-state index contributed by atoms with van der Waals surface area (Å²) in [7, 11) is 0. The van der Waals surface area contributed by atoms with E-state index in [4.69, 9.17) is 38.6 Å². The molecule has 0 aromatic heterocycles. The average Bonchev–Trinajstić information content (AvgIpc) is 3.13. The second-order valence-electron chi connectivity index (χ2n) is 17.8. The van der Waals surface area contributed by atoms with Gasteiger partial charge < -0.3 is 14.2 Å². The van der Waals surface area contributed by atoms with Gasteiger partial charge in [-0.3, -0.25) is 0 Å². The van der Waals surface area contributed by atoms with Gasteiger partial charge in [0.1, 0.15) is 5.09 Å². The second kappa shape index (κ2) is 27.9. The molecule has 0 radical (unpaired) electrons. The molecular formula is C46H86O3S5. The maximum absolute atomic E-state index is 5.68. The van der Waals surface area contributed by atoms with Crippen LogP contribution in [0.3, 0.4) is 0 Å². The van der Waals surface area contributed by atoms with Crippen molar-refractivity contribution in [1.82, 2.24) is 0 Å². The van der Waals surface area contributed by atoms with Gasteiger partial charge in [-0.1, -0.05) is 157 Å². The minimum Gasteiger partial charge on any atom is -0.488 e. The van der Waals surface area contributed by atoms with E-state index in [9.17, 15) is 0 Å². The average molecular weight is 848 g/mol. The Balaban J connectivity index is 2.95. The Morgan fingerprint density at radius 2 is 0.759 bits per heavy atom. The van der Waals surface area contributed by atoms with Crippen LogP contribution in [-0.4, -0.2) is 44.3 Å². The van der Waals surface area contributed by atoms with Crippen LogP contribution < -0.4 is 0 Å². The number of hydrogen-bond acceptors (Lipinski definition) is 8. The molecule has 0 amide bonds. The van der Waals surface area contributed by atoms with Gasteiger partial charge in [0.15, 0.2) is 0 Å². The molecule has 1 aliphatic carbocycles. The third-order valence-electron chi connectivity index (χ3n) is 14.2. The van der Waals surface area contributed by atoms with E-state index >= 15 is 0 Å². The highest BCUT2D eigenvalue weighted by Crippen LogP contribution is 2.44. The number of thioether (sulfide) groups is 3. The van der Waals surface area contributed by atoms with Gasteiger partial charge in [0.2, 0.25) is 8.77 Å². The van der Waals surface area contributed by atoms with Crippen molar-refractivity contribution in [2.24, 2.45) is 71.0 Å². The minimum atomic E-state index is 0.470. The summed E-state index contributed by atoms with van der Waals surface area (Å²) in [6.45, 7) is 41.5. The molecule has 14 atom stereocenters. The third-order valence-corrected chi connectivity index (χ3v) is 18.4. The fraction of sp³-hybridized carbons (Fsp3) is 0.913. The summed E-state index contributed by atoms with van der Waals surface area (Å²) in [5, 5.41) is 2.31. The van der Waals surface area contributed by atoms with Crippen LogP contribution in [0.15, 0.2) is 11.7 Å². The van der Waals surface area contributed by atoms with Crippen molar-refractivity contribution < 1.29 is 14.2 Å². The van der Waals surface area contributed by atoms with E-state index in [1.54, 1.807) is 23.5 Å². The predicted molar refractivity (Wildman–Crippen MR) is 255 cm³/mol. The first kappa shape index (κ1) is 52.4. The van der Waals surface area contributed by atoms with Crippen LogP contribution in [0, 0.1) is 71.0 Å². The normalized spacial score (nSPS) is 24.4. The van der Waals surface area contributed by atoms with Crippen molar-refractivity contribution in [3.63, 3.8) is 0 Å². The summed E-state index contributed by atoms with van der Waals surface area (Å²) in [6, 6.07) is 0. The molecule has 1 fully saturated rings. The van der Waals surface area contributed by atoms with Crippen molar-refractivity contribution in [1.29, 1.82) is 0 Å². The lowest BCUT2D eigenvalue weighted by molar-refractivity contribution is 0.136. The fourth-order valence-electron chi connectivity index (χ4n) is 8.86. The highest BCUT2D eigenvalue weighted by Gasteiger charge is 2.33. The Bertz CT molecular complexity index is 921. The second-order valence-corrected chi connectivity index (χ2v) is 23.2. The van der Waals surface area contributed by atoms with Crippen LogP contribution >= 0.6 is 59.7 Å². The van der Waals surface area contributed by atoms with E-state index in [0.717, 1.165) is 28.8 Å². The first-order valence-corrected chi connectivity index (χ1v) is 25.5. The fourth-order valence-corrected chi connectivity index (χ4v) is 13.0. The molecule has 8 heteroatoms. The number of thiocarbonyl (C=S) groups is 2. The molecular weight excluding hydrogens is 761 g/mol. The zero-order chi connectivity index (χ0) is 41.1. The Labute approximate surface area is 360 Å². The molecule has 1 saturated carbocycles. The Hall–Kier alpha value is 0.370. The first-order chi connectivity index (χ1) is 25.4. The predicted octanol–water partition coefficient (Wildman–Crippen LogP) is 15.6. The van der Waals surface area contributed by atoms with Gasteiger partial charge in [-0.15, -0.1) is 0 Å². The zero-order valence-corrected chi connectivity index (χ0v) is 41.7. The van der Waals surface area contributed by atoms with Crippen LogP contribution in [0.4, 0.5) is 0 Å². The SMILES string of the molecule is C=C(OCC)SC(C)C(C)C(C)C(C)CCC1CC(CCC(C)C(C)C(C)C(C)SC(=S)OCC)CC(CCC(C)C(C)C(C)C(C)SC(=S)OCC)C1. The van der Waals surface area contributed by atoms with Gasteiger partial charge in [0.25, 0.3) is 0 Å². The van der Waals surface area contributed by atoms with Crippen LogP contribution in [0.5, 0.6) is 0 Å². The number of rotatable bonds is 26. The van der Waals surface area contributed by atoms with Crippen LogP contribution in [0.1, 0.15) is 162 Å². The summed E-state index contributed by atoms with van der Waals surface area (Å²) in [6.07, 6.45) is 12.4. The van der Waals surface area contributed by atoms with E-state index in [2.05, 4.69) is 89.7 Å². The Kier molecular flexibility index (Phi) is 27.1. The molecule has 0 saturated heterocycles. The van der Waals surface area contributed by atoms with Gasteiger partial charge >= 0.3 is 0 Å². The molecule has 0 heterocycles. The smallest absolute Gasteiger partial charge is 0.220 e. The zero-order valence-electron chi connectivity index (χ0n) is 37.6. The lowest BCUT2D eigenvalue weighted by atomic mass is 9.68. The van der Waals surface area contributed by atoms with Crippen LogP contribution in [-0.2, 0) is 14.2 Å². The van der Waals surface area contributed by atoms with Gasteiger partial charge in [-0.05, 0) is 142 Å². The molecule has 0 spiro atoms. The minimum absolute atomic E-state index is 0.470. The first-order valence-electron chi connectivity index (χ1n) is 22.0. The van der Waals surface area contributed by atoms with E-state index in [-0.39, 0.29) is 0 Å². The molecule has 0 N–H and O–H groups in total. The molecule has 54 heavy (non-hydrogen) atoms. The number of ether oxygens (including phenoxy) is 3. The van der Waals surface area contributed by atoms with E-state index in [1.807, 2.05) is 32.5 Å². The van der Waals surface area contributed by atoms with Gasteiger partial charge in [-0.2, -0.15) is 0 Å². The van der Waals surface area contributed by atoms with Crippen molar-refractivity contribution in [2.75, 3.05) is 19.8 Å². The monoisotopic (exact) mass is 847 g/mol. The van der Waals surface area contributed by atoms with Crippen molar-refractivity contribution in [3.05, 3.63) is 11.7 Å². The summed E-state index contributed by atoms with van der Waals surface area (Å²) >= 11 is 16.3. The van der Waals surface area contributed by atoms with Gasteiger partial charge in [0.05, 0.1) is 19.8 Å². The summed E-state index contributed by atoms with van der Waals surface area (Å²) in [4.78, 5) is 0. The van der Waals surface area contributed by atoms with E-state index < -0.39 is 0 Å². The molecule has 14 unspecified atom stereocenters. The van der Waals surface area contributed by atoms with Gasteiger partial charge in [0, 0.05) is 15.7 Å². The summed E-state index contributed by atoms with van der Waals surface area (Å²) < 4.78 is 18.3. The molecule has 3 nitrogen and oxygen atoms in total. The largest absolute Gasteiger partial charge is 0.488 e. The van der Waals surface area contributed by atoms with Crippen molar-refractivity contribution in [3.8, 4) is 0 Å². The highest BCUT2D eigenvalue weighted by atomic mass is 32.2. The molecule has 0 aromatic rings. The number of hydrogen-bond donors (Lipinski definition) is 0. The van der Waals surface area contributed by atoms with Crippen LogP contribution in [0.25, 0.3) is 0 Å². The summed E-state index contributed by atoms with van der Waals surface area (Å²) in [5.41, 5.74) is 0. The van der Waals surface area contributed by atoms with E-state index in [0.29, 0.717) is 91.7 Å². The topological polar surface area (TPSA) is 27.7 Å². The maximum atomic E-state index is 5.68. The van der Waals surface area contributed by atoms with E-state index in [1.165, 1.54) is 57.8 Å². The van der Waals surface area contributed by atoms with Crippen LogP contribution in [0.2, 0.25) is 0 Å².